The van der Waals surface area contributed by atoms with Gasteiger partial charge in [0.05, 0.1) is 0 Å². The summed E-state index contributed by atoms with van der Waals surface area (Å²) >= 11 is 0. The topological polar surface area (TPSA) is 87.7 Å². The second-order valence-corrected chi connectivity index (χ2v) is 4.90. The van der Waals surface area contributed by atoms with Crippen molar-refractivity contribution in [3.05, 3.63) is 0 Å². The Morgan fingerprint density at radius 1 is 1.32 bits per heavy atom. The number of carbonyl (C=O) groups is 2. The van der Waals surface area contributed by atoms with Crippen LogP contribution in [0.15, 0.2) is 0 Å². The molecule has 0 aromatic carbocycles. The molecule has 0 rings (SSSR count). The van der Waals surface area contributed by atoms with Gasteiger partial charge in [0, 0.05) is 19.8 Å². The first-order valence-corrected chi connectivity index (χ1v) is 6.82. The molecule has 3 N–H and O–H groups in total. The monoisotopic (exact) mass is 274 g/mol. The van der Waals surface area contributed by atoms with Crippen molar-refractivity contribution in [3.8, 4) is 0 Å². The summed E-state index contributed by atoms with van der Waals surface area (Å²) in [7, 11) is 0. The van der Waals surface area contributed by atoms with E-state index in [2.05, 4.69) is 24.5 Å². The molecule has 6 heteroatoms. The van der Waals surface area contributed by atoms with E-state index in [4.69, 9.17) is 9.84 Å². The highest BCUT2D eigenvalue weighted by Gasteiger charge is 2.18. The van der Waals surface area contributed by atoms with Gasteiger partial charge in [-0.25, -0.2) is 9.59 Å². The molecule has 0 saturated carbocycles. The molecule has 0 aromatic heterocycles. The summed E-state index contributed by atoms with van der Waals surface area (Å²) in [5.41, 5.74) is 0. The third-order valence-corrected chi connectivity index (χ3v) is 2.38. The maximum absolute atomic E-state index is 11.4. The van der Waals surface area contributed by atoms with Crippen LogP contribution in [0, 0.1) is 5.92 Å². The molecule has 0 bridgehead atoms. The lowest BCUT2D eigenvalue weighted by atomic mass is 10.2. The highest BCUT2D eigenvalue weighted by atomic mass is 16.5. The van der Waals surface area contributed by atoms with Crippen LogP contribution in [-0.2, 0) is 9.53 Å². The molecule has 0 spiro atoms. The zero-order valence-corrected chi connectivity index (χ0v) is 12.1. The van der Waals surface area contributed by atoms with E-state index < -0.39 is 18.0 Å². The number of carboxylic acids is 1. The van der Waals surface area contributed by atoms with Crippen LogP contribution in [0.1, 0.15) is 40.0 Å². The Balaban J connectivity index is 3.65. The Morgan fingerprint density at radius 2 is 2.00 bits per heavy atom. The Labute approximate surface area is 114 Å². The summed E-state index contributed by atoms with van der Waals surface area (Å²) in [5, 5.41) is 13.9. The maximum Gasteiger partial charge on any atom is 0.326 e. The van der Waals surface area contributed by atoms with Crippen LogP contribution in [0.2, 0.25) is 0 Å². The van der Waals surface area contributed by atoms with Gasteiger partial charge < -0.3 is 20.5 Å². The lowest BCUT2D eigenvalue weighted by molar-refractivity contribution is -0.139. The van der Waals surface area contributed by atoms with Crippen molar-refractivity contribution >= 4 is 12.0 Å². The molecule has 1 unspecified atom stereocenters. The van der Waals surface area contributed by atoms with E-state index in [1.54, 1.807) is 0 Å². The largest absolute Gasteiger partial charge is 0.480 e. The van der Waals surface area contributed by atoms with Crippen molar-refractivity contribution in [1.29, 1.82) is 0 Å². The van der Waals surface area contributed by atoms with E-state index in [9.17, 15) is 9.59 Å². The molecule has 0 aromatic rings. The average molecular weight is 274 g/mol. The minimum Gasteiger partial charge on any atom is -0.480 e. The Bertz CT molecular complexity index is 269. The van der Waals surface area contributed by atoms with Gasteiger partial charge in [0.25, 0.3) is 0 Å². The minimum absolute atomic E-state index is 0.431. The second kappa shape index (κ2) is 10.6. The zero-order valence-electron chi connectivity index (χ0n) is 12.1. The van der Waals surface area contributed by atoms with Gasteiger partial charge in [-0.2, -0.15) is 0 Å². The average Bonchev–Trinajstić information content (AvgIpc) is 2.32. The van der Waals surface area contributed by atoms with Crippen LogP contribution in [-0.4, -0.2) is 42.9 Å². The number of rotatable bonds is 10. The molecule has 0 fully saturated rings. The van der Waals surface area contributed by atoms with Gasteiger partial charge in [-0.1, -0.05) is 27.2 Å². The normalized spacial score (nSPS) is 12.2. The standard InChI is InChI=1S/C13H26N2O4/c1-4-6-11(12(16)17)15-13(18)14-7-5-8-19-9-10(2)3/h10-11H,4-9H2,1-3H3,(H,16,17)(H2,14,15,18). The van der Waals surface area contributed by atoms with E-state index in [1.165, 1.54) is 0 Å². The van der Waals surface area contributed by atoms with Crippen molar-refractivity contribution in [1.82, 2.24) is 10.6 Å². The van der Waals surface area contributed by atoms with Crippen molar-refractivity contribution in [2.24, 2.45) is 5.92 Å². The Hall–Kier alpha value is -1.30. The highest BCUT2D eigenvalue weighted by Crippen LogP contribution is 1.96. The number of hydrogen-bond donors (Lipinski definition) is 3. The first-order valence-electron chi connectivity index (χ1n) is 6.82. The predicted octanol–water partition coefficient (Wildman–Crippen LogP) is 1.60. The maximum atomic E-state index is 11.4. The van der Waals surface area contributed by atoms with E-state index in [0.29, 0.717) is 44.9 Å². The van der Waals surface area contributed by atoms with Gasteiger partial charge in [-0.15, -0.1) is 0 Å². The van der Waals surface area contributed by atoms with Crippen molar-refractivity contribution in [2.45, 2.75) is 46.1 Å². The third-order valence-electron chi connectivity index (χ3n) is 2.38. The van der Waals surface area contributed by atoms with Crippen LogP contribution in [0.3, 0.4) is 0 Å². The van der Waals surface area contributed by atoms with Crippen molar-refractivity contribution < 1.29 is 19.4 Å². The molecule has 2 amide bonds. The molecule has 112 valence electrons. The van der Waals surface area contributed by atoms with E-state index >= 15 is 0 Å². The number of carbonyl (C=O) groups excluding carboxylic acids is 1. The van der Waals surface area contributed by atoms with Gasteiger partial charge in [0.1, 0.15) is 6.04 Å². The summed E-state index contributed by atoms with van der Waals surface area (Å²) < 4.78 is 5.37. The van der Waals surface area contributed by atoms with Gasteiger partial charge in [0.2, 0.25) is 0 Å². The fraction of sp³-hybridized carbons (Fsp3) is 0.846. The molecular weight excluding hydrogens is 248 g/mol. The van der Waals surface area contributed by atoms with E-state index in [1.807, 2.05) is 6.92 Å². The number of amides is 2. The lowest BCUT2D eigenvalue weighted by Crippen LogP contribution is -2.46. The number of urea groups is 1. The quantitative estimate of drug-likeness (QED) is 0.528. The van der Waals surface area contributed by atoms with Crippen molar-refractivity contribution in [2.75, 3.05) is 19.8 Å². The summed E-state index contributed by atoms with van der Waals surface area (Å²) in [4.78, 5) is 22.3. The Morgan fingerprint density at radius 3 is 2.53 bits per heavy atom. The molecule has 0 heterocycles. The fourth-order valence-electron chi connectivity index (χ4n) is 1.45. The minimum atomic E-state index is -1.00. The van der Waals surface area contributed by atoms with Crippen molar-refractivity contribution in [3.63, 3.8) is 0 Å². The molecule has 0 aliphatic rings. The lowest BCUT2D eigenvalue weighted by Gasteiger charge is -2.14. The first kappa shape index (κ1) is 17.7. The van der Waals surface area contributed by atoms with Gasteiger partial charge >= 0.3 is 12.0 Å². The van der Waals surface area contributed by atoms with Gasteiger partial charge in [0.15, 0.2) is 0 Å². The first-order chi connectivity index (χ1) is 8.97. The highest BCUT2D eigenvalue weighted by molar-refractivity contribution is 5.82. The number of carboxylic acid groups (broad SMARTS) is 1. The SMILES string of the molecule is CCCC(NC(=O)NCCCOCC(C)C)C(=O)O. The van der Waals surface area contributed by atoms with E-state index in [-0.39, 0.29) is 0 Å². The molecule has 0 aliphatic carbocycles. The van der Waals surface area contributed by atoms with Crippen LogP contribution in [0.25, 0.3) is 0 Å². The van der Waals surface area contributed by atoms with Crippen LogP contribution in [0.4, 0.5) is 4.79 Å². The Kier molecular flexibility index (Phi) is 9.88. The fourth-order valence-corrected chi connectivity index (χ4v) is 1.45. The second-order valence-electron chi connectivity index (χ2n) is 4.90. The number of nitrogens with one attached hydrogen (secondary N) is 2. The molecule has 19 heavy (non-hydrogen) atoms. The zero-order chi connectivity index (χ0) is 14.7. The van der Waals surface area contributed by atoms with Gasteiger partial charge in [-0.3, -0.25) is 0 Å². The summed E-state index contributed by atoms with van der Waals surface area (Å²) in [6.45, 7) is 7.81. The van der Waals surface area contributed by atoms with Crippen LogP contribution in [0.5, 0.6) is 0 Å². The summed E-state index contributed by atoms with van der Waals surface area (Å²) in [6.07, 6.45) is 1.85. The van der Waals surface area contributed by atoms with Crippen LogP contribution < -0.4 is 10.6 Å². The van der Waals surface area contributed by atoms with Crippen LogP contribution >= 0.6 is 0 Å². The third kappa shape index (κ3) is 10.3. The molecule has 0 saturated heterocycles. The predicted molar refractivity (Wildman–Crippen MR) is 73.1 cm³/mol. The number of hydrogen-bond acceptors (Lipinski definition) is 3. The molecular formula is C13H26N2O4. The number of ether oxygens (including phenoxy) is 1. The van der Waals surface area contributed by atoms with Gasteiger partial charge in [-0.05, 0) is 18.8 Å². The molecule has 0 radical (unpaired) electrons. The summed E-state index contributed by atoms with van der Waals surface area (Å²) in [5.74, 6) is -0.501. The molecule has 0 aliphatic heterocycles. The summed E-state index contributed by atoms with van der Waals surface area (Å²) in [6, 6.07) is -1.26. The molecule has 6 nitrogen and oxygen atoms in total. The smallest absolute Gasteiger partial charge is 0.326 e. The van der Waals surface area contributed by atoms with E-state index in [0.717, 1.165) is 0 Å². The molecule has 1 atom stereocenters. The number of aliphatic carboxylic acids is 1.